The maximum absolute atomic E-state index is 12.8. The number of Topliss-reactive ketones (excluding diaryl/α,β-unsaturated/α-hetero) is 1. The number of epoxide rings is 1. The van der Waals surface area contributed by atoms with Gasteiger partial charge in [-0.1, -0.05) is 47.5 Å². The molecular formula is C16H10Cl2O2S. The van der Waals surface area contributed by atoms with Gasteiger partial charge in [-0.3, -0.25) is 4.79 Å². The van der Waals surface area contributed by atoms with Crippen molar-refractivity contribution in [1.82, 2.24) is 0 Å². The molecule has 0 aromatic heterocycles. The Morgan fingerprint density at radius 3 is 2.67 bits per heavy atom. The van der Waals surface area contributed by atoms with Gasteiger partial charge in [-0.25, -0.2) is 0 Å². The summed E-state index contributed by atoms with van der Waals surface area (Å²) in [5.74, 6) is 0.620. The maximum Gasteiger partial charge on any atom is 0.199 e. The third kappa shape index (κ3) is 2.03. The van der Waals surface area contributed by atoms with E-state index in [9.17, 15) is 4.79 Å². The average Bonchev–Trinajstić information content (AvgIpc) is 3.20. The molecule has 5 heteroatoms. The van der Waals surface area contributed by atoms with Gasteiger partial charge in [0.1, 0.15) is 6.10 Å². The van der Waals surface area contributed by atoms with E-state index >= 15 is 0 Å². The monoisotopic (exact) mass is 336 g/mol. The van der Waals surface area contributed by atoms with Gasteiger partial charge in [0.15, 0.2) is 11.4 Å². The topological polar surface area (TPSA) is 29.6 Å². The highest BCUT2D eigenvalue weighted by Gasteiger charge is 2.64. The van der Waals surface area contributed by atoms with E-state index in [1.165, 1.54) is 0 Å². The molecule has 106 valence electrons. The van der Waals surface area contributed by atoms with Crippen molar-refractivity contribution in [3.05, 3.63) is 63.6 Å². The number of ketones is 1. The summed E-state index contributed by atoms with van der Waals surface area (Å²) in [5, 5.41) is 1.30. The zero-order chi connectivity index (χ0) is 14.6. The molecule has 0 radical (unpaired) electrons. The molecule has 1 spiro atoms. The van der Waals surface area contributed by atoms with E-state index in [0.717, 1.165) is 10.5 Å². The summed E-state index contributed by atoms with van der Waals surface area (Å²) in [7, 11) is 0. The minimum absolute atomic E-state index is 0.0266. The third-order valence-corrected chi connectivity index (χ3v) is 5.87. The van der Waals surface area contributed by atoms with Crippen LogP contribution in [0, 0.1) is 0 Å². The second-order valence-corrected chi connectivity index (χ2v) is 7.00. The fourth-order valence-electron chi connectivity index (χ4n) is 2.74. The first kappa shape index (κ1) is 13.6. The van der Waals surface area contributed by atoms with Crippen molar-refractivity contribution in [3.8, 4) is 0 Å². The summed E-state index contributed by atoms with van der Waals surface area (Å²) in [4.78, 5) is 13.6. The molecule has 2 aliphatic rings. The van der Waals surface area contributed by atoms with Crippen molar-refractivity contribution in [3.63, 3.8) is 0 Å². The number of halogens is 2. The lowest BCUT2D eigenvalue weighted by molar-refractivity contribution is 0.0885. The molecule has 0 bridgehead atoms. The van der Waals surface area contributed by atoms with Gasteiger partial charge in [0, 0.05) is 21.2 Å². The molecule has 2 aromatic rings. The summed E-state index contributed by atoms with van der Waals surface area (Å²) < 4.78 is 5.82. The Kier molecular flexibility index (Phi) is 3.09. The zero-order valence-corrected chi connectivity index (χ0v) is 13.1. The van der Waals surface area contributed by atoms with E-state index in [2.05, 4.69) is 0 Å². The smallest absolute Gasteiger partial charge is 0.199 e. The number of carbonyl (C=O) groups is 1. The molecule has 2 atom stereocenters. The molecular weight excluding hydrogens is 327 g/mol. The quantitative estimate of drug-likeness (QED) is 0.701. The summed E-state index contributed by atoms with van der Waals surface area (Å²) in [5.41, 5.74) is 0.907. The van der Waals surface area contributed by atoms with Crippen LogP contribution in [-0.4, -0.2) is 17.1 Å². The van der Waals surface area contributed by atoms with Gasteiger partial charge in [0.2, 0.25) is 0 Å². The van der Waals surface area contributed by atoms with Crippen LogP contribution in [-0.2, 0) is 4.74 Å². The van der Waals surface area contributed by atoms with Crippen molar-refractivity contribution in [1.29, 1.82) is 0 Å². The fourth-order valence-corrected chi connectivity index (χ4v) is 4.44. The van der Waals surface area contributed by atoms with Crippen LogP contribution < -0.4 is 0 Å². The molecule has 2 heterocycles. The maximum atomic E-state index is 12.8. The van der Waals surface area contributed by atoms with Gasteiger partial charge in [-0.15, -0.1) is 11.8 Å². The number of hydrogen-bond donors (Lipinski definition) is 0. The van der Waals surface area contributed by atoms with Crippen LogP contribution in [0.3, 0.4) is 0 Å². The van der Waals surface area contributed by atoms with Crippen LogP contribution in [0.25, 0.3) is 0 Å². The predicted molar refractivity (Wildman–Crippen MR) is 84.5 cm³/mol. The number of benzene rings is 2. The lowest BCUT2D eigenvalue weighted by Gasteiger charge is -2.21. The third-order valence-electron chi connectivity index (χ3n) is 3.89. The van der Waals surface area contributed by atoms with Crippen LogP contribution in [0.1, 0.15) is 22.0 Å². The van der Waals surface area contributed by atoms with Crippen LogP contribution in [0.15, 0.2) is 47.4 Å². The molecule has 2 aliphatic heterocycles. The molecule has 21 heavy (non-hydrogen) atoms. The highest BCUT2D eigenvalue weighted by Crippen LogP contribution is 2.57. The van der Waals surface area contributed by atoms with E-state index in [1.54, 1.807) is 17.8 Å². The van der Waals surface area contributed by atoms with Crippen molar-refractivity contribution >= 4 is 40.7 Å². The van der Waals surface area contributed by atoms with Gasteiger partial charge < -0.3 is 4.74 Å². The van der Waals surface area contributed by atoms with E-state index in [-0.39, 0.29) is 11.9 Å². The zero-order valence-electron chi connectivity index (χ0n) is 10.8. The highest BCUT2D eigenvalue weighted by molar-refractivity contribution is 7.99. The lowest BCUT2D eigenvalue weighted by Crippen LogP contribution is -2.32. The standard InChI is InChI=1S/C16H10Cl2O2S/c17-10-6-4-9(5-7-10)15-16(20-15)8-21-13-11(14(16)19)2-1-3-12(13)18/h1-7,15H,8H2. The van der Waals surface area contributed by atoms with Gasteiger partial charge >= 0.3 is 0 Å². The first-order chi connectivity index (χ1) is 10.1. The minimum Gasteiger partial charge on any atom is -0.351 e. The summed E-state index contributed by atoms with van der Waals surface area (Å²) >= 11 is 13.7. The molecule has 2 nitrogen and oxygen atoms in total. The van der Waals surface area contributed by atoms with Crippen LogP contribution in [0.5, 0.6) is 0 Å². The number of thioether (sulfide) groups is 1. The molecule has 0 saturated carbocycles. The average molecular weight is 337 g/mol. The largest absolute Gasteiger partial charge is 0.351 e. The molecule has 0 N–H and O–H groups in total. The first-order valence-electron chi connectivity index (χ1n) is 6.51. The van der Waals surface area contributed by atoms with E-state index in [4.69, 9.17) is 27.9 Å². The number of hydrogen-bond acceptors (Lipinski definition) is 3. The number of carbonyl (C=O) groups excluding carboxylic acids is 1. The molecule has 0 aliphatic carbocycles. The molecule has 0 amide bonds. The second kappa shape index (κ2) is 4.75. The molecule has 2 unspecified atom stereocenters. The highest BCUT2D eigenvalue weighted by atomic mass is 35.5. The first-order valence-corrected chi connectivity index (χ1v) is 8.25. The van der Waals surface area contributed by atoms with Gasteiger partial charge in [-0.05, 0) is 23.8 Å². The Balaban J connectivity index is 1.70. The number of fused-ring (bicyclic) bond motifs is 1. The normalized spacial score (nSPS) is 26.8. The van der Waals surface area contributed by atoms with Gasteiger partial charge in [0.05, 0.1) is 5.02 Å². The molecule has 2 aromatic carbocycles. The fraction of sp³-hybridized carbons (Fsp3) is 0.188. The summed E-state index contributed by atoms with van der Waals surface area (Å²) in [6.07, 6.45) is -0.193. The van der Waals surface area contributed by atoms with E-state index in [0.29, 0.717) is 21.4 Å². The Morgan fingerprint density at radius 2 is 1.90 bits per heavy atom. The number of rotatable bonds is 1. The second-order valence-electron chi connectivity index (χ2n) is 5.17. The number of ether oxygens (including phenoxy) is 1. The van der Waals surface area contributed by atoms with E-state index < -0.39 is 5.60 Å². The van der Waals surface area contributed by atoms with Crippen LogP contribution in [0.4, 0.5) is 0 Å². The molecule has 1 fully saturated rings. The lowest BCUT2D eigenvalue weighted by atomic mass is 9.92. The SMILES string of the molecule is O=C1c2cccc(Cl)c2SCC12OC2c1ccc(Cl)cc1. The van der Waals surface area contributed by atoms with Crippen LogP contribution >= 0.6 is 35.0 Å². The Hall–Kier alpha value is -1.00. The molecule has 1 saturated heterocycles. The predicted octanol–water partition coefficient (Wildman–Crippen LogP) is 4.79. The molecule has 4 rings (SSSR count). The van der Waals surface area contributed by atoms with Crippen LogP contribution in [0.2, 0.25) is 10.0 Å². The summed E-state index contributed by atoms with van der Waals surface area (Å²) in [6, 6.07) is 12.9. The van der Waals surface area contributed by atoms with Crippen molar-refractivity contribution in [2.75, 3.05) is 5.75 Å². The van der Waals surface area contributed by atoms with Crippen molar-refractivity contribution in [2.45, 2.75) is 16.6 Å². The van der Waals surface area contributed by atoms with E-state index in [1.807, 2.05) is 36.4 Å². The van der Waals surface area contributed by atoms with Crippen molar-refractivity contribution < 1.29 is 9.53 Å². The summed E-state index contributed by atoms with van der Waals surface area (Å²) in [6.45, 7) is 0. The van der Waals surface area contributed by atoms with Gasteiger partial charge in [-0.2, -0.15) is 0 Å². The Bertz CT molecular complexity index is 744. The van der Waals surface area contributed by atoms with Gasteiger partial charge in [0.25, 0.3) is 0 Å². The Morgan fingerprint density at radius 1 is 1.14 bits per heavy atom. The van der Waals surface area contributed by atoms with Crippen molar-refractivity contribution in [2.24, 2.45) is 0 Å². The minimum atomic E-state index is -0.740. The Labute approximate surface area is 136 Å².